The summed E-state index contributed by atoms with van der Waals surface area (Å²) in [5.41, 5.74) is 5.02. The zero-order valence-electron chi connectivity index (χ0n) is 22.4. The molecular formula is C31H40N2O4. The Kier molecular flexibility index (Phi) is 9.83. The number of aryl methyl sites for hydroxylation is 1. The first-order valence-electron chi connectivity index (χ1n) is 13.1. The molecule has 0 amide bonds. The van der Waals surface area contributed by atoms with Crippen LogP contribution in [0, 0.1) is 0 Å². The molecule has 3 aromatic carbocycles. The number of hydrogen-bond donors (Lipinski definition) is 1. The average molecular weight is 505 g/mol. The number of hydrogen-bond acceptors (Lipinski definition) is 6. The summed E-state index contributed by atoms with van der Waals surface area (Å²) in [6.07, 6.45) is 2.62. The Morgan fingerprint density at radius 3 is 1.97 bits per heavy atom. The number of methoxy groups -OCH3 is 3. The molecule has 37 heavy (non-hydrogen) atoms. The molecular weight excluding hydrogens is 464 g/mol. The Balaban J connectivity index is 1.24. The average Bonchev–Trinajstić information content (AvgIpc) is 2.94. The lowest BCUT2D eigenvalue weighted by atomic mass is 9.97. The maximum Gasteiger partial charge on any atom is 0.203 e. The quantitative estimate of drug-likeness (QED) is 0.390. The normalized spacial score (nSPS) is 15.4. The van der Waals surface area contributed by atoms with Gasteiger partial charge in [-0.1, -0.05) is 54.6 Å². The summed E-state index contributed by atoms with van der Waals surface area (Å²) in [5.74, 6) is 1.66. The highest BCUT2D eigenvalue weighted by Crippen LogP contribution is 2.39. The number of aliphatic hydroxyl groups excluding tert-OH is 1. The summed E-state index contributed by atoms with van der Waals surface area (Å²) in [7, 11) is 4.77. The van der Waals surface area contributed by atoms with Gasteiger partial charge in [0.1, 0.15) is 0 Å². The molecule has 0 saturated carbocycles. The van der Waals surface area contributed by atoms with E-state index in [9.17, 15) is 5.11 Å². The number of aliphatic hydroxyl groups is 1. The van der Waals surface area contributed by atoms with E-state index in [4.69, 9.17) is 14.2 Å². The highest BCUT2D eigenvalue weighted by molar-refractivity contribution is 5.54. The van der Waals surface area contributed by atoms with Gasteiger partial charge in [0.15, 0.2) is 11.5 Å². The second-order valence-electron chi connectivity index (χ2n) is 9.65. The minimum absolute atomic E-state index is 0.539. The fourth-order valence-corrected chi connectivity index (χ4v) is 5.12. The molecule has 198 valence electrons. The molecule has 1 aliphatic heterocycles. The maximum absolute atomic E-state index is 10.9. The molecule has 1 unspecified atom stereocenters. The van der Waals surface area contributed by atoms with E-state index in [-0.39, 0.29) is 0 Å². The third kappa shape index (κ3) is 7.25. The summed E-state index contributed by atoms with van der Waals surface area (Å²) in [5, 5.41) is 10.9. The Hall–Kier alpha value is -3.06. The van der Waals surface area contributed by atoms with Crippen LogP contribution < -0.4 is 14.2 Å². The van der Waals surface area contributed by atoms with E-state index in [1.807, 2.05) is 12.1 Å². The van der Waals surface area contributed by atoms with Crippen molar-refractivity contribution in [1.29, 1.82) is 0 Å². The van der Waals surface area contributed by atoms with Crippen LogP contribution >= 0.6 is 0 Å². The van der Waals surface area contributed by atoms with Crippen LogP contribution in [0.1, 0.15) is 34.8 Å². The van der Waals surface area contributed by atoms with Gasteiger partial charge in [-0.25, -0.2) is 0 Å². The SMILES string of the molecule is COc1cc(C(O)CN2CCN(CCCc3ccccc3Cc3ccccc3)CC2)cc(OC)c1OC. The minimum Gasteiger partial charge on any atom is -0.493 e. The van der Waals surface area contributed by atoms with Gasteiger partial charge in [-0.2, -0.15) is 0 Å². The second-order valence-corrected chi connectivity index (χ2v) is 9.65. The molecule has 6 heteroatoms. The predicted octanol–water partition coefficient (Wildman–Crippen LogP) is 4.59. The van der Waals surface area contributed by atoms with Gasteiger partial charge in [-0.3, -0.25) is 4.90 Å². The smallest absolute Gasteiger partial charge is 0.203 e. The lowest BCUT2D eigenvalue weighted by Crippen LogP contribution is -2.47. The zero-order valence-corrected chi connectivity index (χ0v) is 22.4. The van der Waals surface area contributed by atoms with E-state index >= 15 is 0 Å². The first-order chi connectivity index (χ1) is 18.1. The van der Waals surface area contributed by atoms with Crippen LogP contribution in [-0.4, -0.2) is 75.5 Å². The minimum atomic E-state index is -0.624. The Labute approximate surface area is 221 Å². The van der Waals surface area contributed by atoms with E-state index in [1.54, 1.807) is 21.3 Å². The second kappa shape index (κ2) is 13.5. The third-order valence-corrected chi connectivity index (χ3v) is 7.24. The van der Waals surface area contributed by atoms with E-state index in [1.165, 1.54) is 16.7 Å². The van der Waals surface area contributed by atoms with E-state index < -0.39 is 6.10 Å². The molecule has 1 fully saturated rings. The monoisotopic (exact) mass is 504 g/mol. The van der Waals surface area contributed by atoms with Gasteiger partial charge in [-0.05, 0) is 60.2 Å². The molecule has 6 nitrogen and oxygen atoms in total. The number of benzene rings is 3. The summed E-state index contributed by atoms with van der Waals surface area (Å²) in [4.78, 5) is 4.88. The number of β-amino-alcohol motifs (C(OH)–C–C–N with tert-alkyl or cyclic N) is 1. The van der Waals surface area contributed by atoms with Gasteiger partial charge in [-0.15, -0.1) is 0 Å². The zero-order chi connectivity index (χ0) is 26.0. The van der Waals surface area contributed by atoms with Crippen LogP contribution in [0.25, 0.3) is 0 Å². The largest absolute Gasteiger partial charge is 0.493 e. The molecule has 0 aromatic heterocycles. The van der Waals surface area contributed by atoms with Crippen LogP contribution in [0.2, 0.25) is 0 Å². The topological polar surface area (TPSA) is 54.4 Å². The van der Waals surface area contributed by atoms with Crippen molar-refractivity contribution in [3.05, 3.63) is 89.0 Å². The van der Waals surface area contributed by atoms with Crippen molar-refractivity contribution < 1.29 is 19.3 Å². The van der Waals surface area contributed by atoms with Crippen molar-refractivity contribution in [2.75, 3.05) is 60.6 Å². The first kappa shape index (κ1) is 27.0. The highest BCUT2D eigenvalue weighted by Gasteiger charge is 2.22. The number of nitrogens with zero attached hydrogens (tertiary/aromatic N) is 2. The van der Waals surface area contributed by atoms with Crippen molar-refractivity contribution in [2.45, 2.75) is 25.4 Å². The predicted molar refractivity (Wildman–Crippen MR) is 148 cm³/mol. The van der Waals surface area contributed by atoms with Crippen LogP contribution in [0.15, 0.2) is 66.7 Å². The number of ether oxygens (including phenoxy) is 3. The summed E-state index contributed by atoms with van der Waals surface area (Å²) in [6, 6.07) is 23.2. The third-order valence-electron chi connectivity index (χ3n) is 7.24. The van der Waals surface area contributed by atoms with Crippen molar-refractivity contribution in [3.63, 3.8) is 0 Å². The van der Waals surface area contributed by atoms with Crippen LogP contribution in [0.4, 0.5) is 0 Å². The summed E-state index contributed by atoms with van der Waals surface area (Å²) >= 11 is 0. The molecule has 1 heterocycles. The summed E-state index contributed by atoms with van der Waals surface area (Å²) < 4.78 is 16.3. The van der Waals surface area contributed by atoms with Crippen molar-refractivity contribution >= 4 is 0 Å². The molecule has 0 radical (unpaired) electrons. The van der Waals surface area contributed by atoms with E-state index in [2.05, 4.69) is 64.4 Å². The number of piperazine rings is 1. The van der Waals surface area contributed by atoms with Gasteiger partial charge in [0.05, 0.1) is 27.4 Å². The number of rotatable bonds is 12. The molecule has 1 atom stereocenters. The Morgan fingerprint density at radius 2 is 1.35 bits per heavy atom. The molecule has 0 aliphatic carbocycles. The first-order valence-corrected chi connectivity index (χ1v) is 13.1. The van der Waals surface area contributed by atoms with Crippen molar-refractivity contribution in [2.24, 2.45) is 0 Å². The standard InChI is InChI=1S/C31H40N2O4/c1-35-29-21-27(22-30(36-2)31(29)37-3)28(34)23-33-18-16-32(17-19-33)15-9-14-25-12-7-8-13-26(25)20-24-10-5-4-6-11-24/h4-8,10-13,21-22,28,34H,9,14-20,23H2,1-3H3. The van der Waals surface area contributed by atoms with Crippen LogP contribution in [0.5, 0.6) is 17.2 Å². The van der Waals surface area contributed by atoms with Gasteiger partial charge < -0.3 is 24.2 Å². The fraction of sp³-hybridized carbons (Fsp3) is 0.419. The van der Waals surface area contributed by atoms with E-state index in [0.717, 1.165) is 57.5 Å². The van der Waals surface area contributed by atoms with E-state index in [0.29, 0.717) is 23.8 Å². The Morgan fingerprint density at radius 1 is 0.757 bits per heavy atom. The van der Waals surface area contributed by atoms with Crippen LogP contribution in [0.3, 0.4) is 0 Å². The molecule has 1 N–H and O–H groups in total. The van der Waals surface area contributed by atoms with Gasteiger partial charge >= 0.3 is 0 Å². The molecule has 4 rings (SSSR count). The lowest BCUT2D eigenvalue weighted by Gasteiger charge is -2.35. The molecule has 0 bridgehead atoms. The maximum atomic E-state index is 10.9. The van der Waals surface area contributed by atoms with Crippen LogP contribution in [-0.2, 0) is 12.8 Å². The molecule has 1 aliphatic rings. The molecule has 3 aromatic rings. The Bertz CT molecular complexity index is 1090. The van der Waals surface area contributed by atoms with Crippen molar-refractivity contribution in [1.82, 2.24) is 9.80 Å². The molecule has 1 saturated heterocycles. The van der Waals surface area contributed by atoms with Crippen molar-refractivity contribution in [3.8, 4) is 17.2 Å². The van der Waals surface area contributed by atoms with Gasteiger partial charge in [0, 0.05) is 32.7 Å². The van der Waals surface area contributed by atoms with Gasteiger partial charge in [0.2, 0.25) is 5.75 Å². The molecule has 0 spiro atoms. The van der Waals surface area contributed by atoms with Gasteiger partial charge in [0.25, 0.3) is 0 Å². The lowest BCUT2D eigenvalue weighted by molar-refractivity contribution is 0.0720. The fourth-order valence-electron chi connectivity index (χ4n) is 5.12. The highest BCUT2D eigenvalue weighted by atomic mass is 16.5. The summed E-state index contributed by atoms with van der Waals surface area (Å²) in [6.45, 7) is 5.63.